The van der Waals surface area contributed by atoms with Gasteiger partial charge in [-0.3, -0.25) is 9.59 Å². The van der Waals surface area contributed by atoms with Crippen LogP contribution in [0.15, 0.2) is 84.9 Å². The number of carbonyl (C=O) groups is 2. The smallest absolute Gasteiger partial charge is 0.247 e. The summed E-state index contributed by atoms with van der Waals surface area (Å²) in [6.45, 7) is 1.20. The van der Waals surface area contributed by atoms with Gasteiger partial charge in [0.25, 0.3) is 0 Å². The van der Waals surface area contributed by atoms with Crippen molar-refractivity contribution in [3.63, 3.8) is 0 Å². The molecule has 0 bridgehead atoms. The van der Waals surface area contributed by atoms with Gasteiger partial charge in [0, 0.05) is 6.54 Å². The molecule has 0 aromatic heterocycles. The van der Waals surface area contributed by atoms with Crippen LogP contribution in [0.5, 0.6) is 0 Å². The average molecular weight is 473 g/mol. The second-order valence-corrected chi connectivity index (χ2v) is 8.75. The number of nitrogens with one attached hydrogen (secondary N) is 2. The lowest BCUT2D eigenvalue weighted by atomic mass is 10.0. The highest BCUT2D eigenvalue weighted by molar-refractivity contribution is 5.90. The van der Waals surface area contributed by atoms with E-state index in [2.05, 4.69) is 34.9 Å². The quantitative estimate of drug-likeness (QED) is 0.287. The number of benzene rings is 3. The Labute approximate surface area is 208 Å². The van der Waals surface area contributed by atoms with Crippen molar-refractivity contribution in [2.45, 2.75) is 44.2 Å². The van der Waals surface area contributed by atoms with Crippen molar-refractivity contribution >= 4 is 11.8 Å². The van der Waals surface area contributed by atoms with E-state index < -0.39 is 12.1 Å². The van der Waals surface area contributed by atoms with E-state index in [0.717, 1.165) is 36.9 Å². The molecule has 0 aliphatic rings. The Morgan fingerprint density at radius 1 is 0.714 bits per heavy atom. The summed E-state index contributed by atoms with van der Waals surface area (Å²) < 4.78 is 0. The standard InChI is InChI=1S/C29H36N4O2/c30-19-8-7-9-22-14-16-23(17-15-22)18-20-32-29(35)27(25-12-5-2-6-13-25)33-28(34)26(31)21-24-10-3-1-4-11-24/h1-6,10-17,26-27H,7-9,18-21,30-31H2,(H,32,35)(H,33,34)/t26-,27+/m0/s1. The molecule has 2 amide bonds. The van der Waals surface area contributed by atoms with Gasteiger partial charge in [-0.05, 0) is 60.9 Å². The van der Waals surface area contributed by atoms with E-state index >= 15 is 0 Å². The summed E-state index contributed by atoms with van der Waals surface area (Å²) in [5, 5.41) is 5.82. The van der Waals surface area contributed by atoms with Crippen LogP contribution in [0.3, 0.4) is 0 Å². The fraction of sp³-hybridized carbons (Fsp3) is 0.310. The van der Waals surface area contributed by atoms with Crippen LogP contribution in [0.2, 0.25) is 0 Å². The predicted molar refractivity (Wildman–Crippen MR) is 141 cm³/mol. The molecule has 184 valence electrons. The Balaban J connectivity index is 1.56. The van der Waals surface area contributed by atoms with Gasteiger partial charge in [0.1, 0.15) is 6.04 Å². The van der Waals surface area contributed by atoms with Crippen molar-refractivity contribution < 1.29 is 9.59 Å². The lowest BCUT2D eigenvalue weighted by Gasteiger charge is -2.21. The van der Waals surface area contributed by atoms with Gasteiger partial charge in [0.2, 0.25) is 11.8 Å². The van der Waals surface area contributed by atoms with Gasteiger partial charge in [0.05, 0.1) is 6.04 Å². The summed E-state index contributed by atoms with van der Waals surface area (Å²) in [5.74, 6) is -0.613. The first-order valence-corrected chi connectivity index (χ1v) is 12.3. The molecule has 0 aliphatic heterocycles. The number of carbonyl (C=O) groups excluding carboxylic acids is 2. The Morgan fingerprint density at radius 3 is 1.94 bits per heavy atom. The van der Waals surface area contributed by atoms with Gasteiger partial charge in [0.15, 0.2) is 0 Å². The highest BCUT2D eigenvalue weighted by Crippen LogP contribution is 2.14. The van der Waals surface area contributed by atoms with Gasteiger partial charge >= 0.3 is 0 Å². The van der Waals surface area contributed by atoms with Crippen LogP contribution >= 0.6 is 0 Å². The van der Waals surface area contributed by atoms with Crippen LogP contribution < -0.4 is 22.1 Å². The molecule has 6 nitrogen and oxygen atoms in total. The van der Waals surface area contributed by atoms with Crippen LogP contribution in [0.1, 0.15) is 41.1 Å². The van der Waals surface area contributed by atoms with Crippen LogP contribution in [-0.4, -0.2) is 30.9 Å². The zero-order chi connectivity index (χ0) is 24.9. The van der Waals surface area contributed by atoms with Crippen LogP contribution in [-0.2, 0) is 28.9 Å². The first kappa shape index (κ1) is 26.1. The molecule has 35 heavy (non-hydrogen) atoms. The molecule has 0 heterocycles. The molecule has 0 spiro atoms. The minimum atomic E-state index is -0.810. The molecule has 0 radical (unpaired) electrons. The highest BCUT2D eigenvalue weighted by Gasteiger charge is 2.25. The maximum atomic E-state index is 13.1. The van der Waals surface area contributed by atoms with E-state index in [1.807, 2.05) is 60.7 Å². The first-order chi connectivity index (χ1) is 17.1. The third-order valence-electron chi connectivity index (χ3n) is 5.97. The number of hydrogen-bond donors (Lipinski definition) is 4. The summed E-state index contributed by atoms with van der Waals surface area (Å²) in [4.78, 5) is 25.9. The fourth-order valence-electron chi connectivity index (χ4n) is 3.93. The molecule has 0 unspecified atom stereocenters. The van der Waals surface area contributed by atoms with E-state index in [-0.39, 0.29) is 11.8 Å². The summed E-state index contributed by atoms with van der Waals surface area (Å²) in [6.07, 6.45) is 4.26. The highest BCUT2D eigenvalue weighted by atomic mass is 16.2. The van der Waals surface area contributed by atoms with Crippen LogP contribution in [0.25, 0.3) is 0 Å². The van der Waals surface area contributed by atoms with Crippen molar-refractivity contribution in [2.24, 2.45) is 11.5 Å². The van der Waals surface area contributed by atoms with Crippen molar-refractivity contribution in [3.8, 4) is 0 Å². The molecule has 0 fully saturated rings. The van der Waals surface area contributed by atoms with Crippen molar-refractivity contribution in [2.75, 3.05) is 13.1 Å². The zero-order valence-corrected chi connectivity index (χ0v) is 20.2. The molecular formula is C29H36N4O2. The number of unbranched alkanes of at least 4 members (excludes halogenated alkanes) is 1. The van der Waals surface area contributed by atoms with Crippen LogP contribution in [0.4, 0.5) is 0 Å². The average Bonchev–Trinajstić information content (AvgIpc) is 2.89. The van der Waals surface area contributed by atoms with Crippen LogP contribution in [0, 0.1) is 0 Å². The first-order valence-electron chi connectivity index (χ1n) is 12.3. The van der Waals surface area contributed by atoms with E-state index in [1.165, 1.54) is 5.56 Å². The normalized spacial score (nSPS) is 12.5. The second-order valence-electron chi connectivity index (χ2n) is 8.75. The predicted octanol–water partition coefficient (Wildman–Crippen LogP) is 3.05. The third-order valence-corrected chi connectivity index (χ3v) is 5.97. The van der Waals surface area contributed by atoms with E-state index in [0.29, 0.717) is 24.9 Å². The lowest BCUT2D eigenvalue weighted by Crippen LogP contribution is -2.48. The Bertz CT molecular complexity index is 1040. The fourth-order valence-corrected chi connectivity index (χ4v) is 3.93. The summed E-state index contributed by atoms with van der Waals surface area (Å²) in [5.41, 5.74) is 15.9. The van der Waals surface area contributed by atoms with Gasteiger partial charge in [-0.2, -0.15) is 0 Å². The molecular weight excluding hydrogens is 436 g/mol. The minimum absolute atomic E-state index is 0.255. The lowest BCUT2D eigenvalue weighted by molar-refractivity contribution is -0.129. The molecule has 0 saturated heterocycles. The largest absolute Gasteiger partial charge is 0.354 e. The van der Waals surface area contributed by atoms with Crippen molar-refractivity contribution in [3.05, 3.63) is 107 Å². The third kappa shape index (κ3) is 8.67. The van der Waals surface area contributed by atoms with E-state index in [4.69, 9.17) is 11.5 Å². The van der Waals surface area contributed by atoms with E-state index in [1.54, 1.807) is 0 Å². The van der Waals surface area contributed by atoms with Gasteiger partial charge < -0.3 is 22.1 Å². The second kappa shape index (κ2) is 14.0. The van der Waals surface area contributed by atoms with Crippen molar-refractivity contribution in [1.82, 2.24) is 10.6 Å². The molecule has 3 rings (SSSR count). The molecule has 6 N–H and O–H groups in total. The number of nitrogens with two attached hydrogens (primary N) is 2. The Kier molecular flexibility index (Phi) is 10.5. The Morgan fingerprint density at radius 2 is 1.31 bits per heavy atom. The Hall–Kier alpha value is -3.48. The monoisotopic (exact) mass is 472 g/mol. The molecule has 6 heteroatoms. The van der Waals surface area contributed by atoms with Crippen molar-refractivity contribution in [1.29, 1.82) is 0 Å². The van der Waals surface area contributed by atoms with Gasteiger partial charge in [-0.1, -0.05) is 84.9 Å². The maximum Gasteiger partial charge on any atom is 0.247 e. The number of hydrogen-bond acceptors (Lipinski definition) is 4. The maximum absolute atomic E-state index is 13.1. The topological polar surface area (TPSA) is 110 Å². The minimum Gasteiger partial charge on any atom is -0.354 e. The number of rotatable bonds is 13. The number of amides is 2. The van der Waals surface area contributed by atoms with Gasteiger partial charge in [-0.25, -0.2) is 0 Å². The molecule has 2 atom stereocenters. The number of aryl methyl sites for hydroxylation is 1. The molecule has 0 aliphatic carbocycles. The summed E-state index contributed by atoms with van der Waals surface area (Å²) >= 11 is 0. The molecule has 3 aromatic carbocycles. The van der Waals surface area contributed by atoms with Gasteiger partial charge in [-0.15, -0.1) is 0 Å². The summed E-state index contributed by atoms with van der Waals surface area (Å²) in [6, 6.07) is 25.7. The summed E-state index contributed by atoms with van der Waals surface area (Å²) in [7, 11) is 0. The molecule has 3 aromatic rings. The SMILES string of the molecule is NCCCCc1ccc(CCNC(=O)[C@H](NC(=O)[C@@H](N)Cc2ccccc2)c2ccccc2)cc1. The van der Waals surface area contributed by atoms with E-state index in [9.17, 15) is 9.59 Å². The molecule has 0 saturated carbocycles. The zero-order valence-electron chi connectivity index (χ0n) is 20.2.